The fourth-order valence-corrected chi connectivity index (χ4v) is 4.59. The Labute approximate surface area is 200 Å². The lowest BCUT2D eigenvalue weighted by atomic mass is 9.85. The van der Waals surface area contributed by atoms with E-state index in [1.807, 2.05) is 109 Å². The topological polar surface area (TPSA) is 41.5 Å². The Kier molecular flexibility index (Phi) is 6.17. The van der Waals surface area contributed by atoms with Crippen molar-refractivity contribution in [2.75, 3.05) is 0 Å². The number of carbonyl (C=O) groups is 1. The number of rotatable bonds is 7. The van der Waals surface area contributed by atoms with Gasteiger partial charge in [-0.25, -0.2) is 5.43 Å². The molecule has 0 aliphatic heterocycles. The lowest BCUT2D eigenvalue weighted by Gasteiger charge is -2.18. The minimum absolute atomic E-state index is 0.0609. The van der Waals surface area contributed by atoms with Gasteiger partial charge in [-0.3, -0.25) is 4.79 Å². The molecule has 1 aliphatic rings. The number of nitrogens with zero attached hydrogens (tertiary/aromatic N) is 1. The first-order valence-corrected chi connectivity index (χ1v) is 11.5. The average molecular weight is 443 g/mol. The van der Waals surface area contributed by atoms with Crippen LogP contribution in [0.1, 0.15) is 28.7 Å². The van der Waals surface area contributed by atoms with E-state index in [0.29, 0.717) is 5.71 Å². The normalized spacial score (nSPS) is 16.8. The highest BCUT2D eigenvalue weighted by Gasteiger charge is 2.60. The van der Waals surface area contributed by atoms with E-state index in [1.54, 1.807) is 0 Å². The third kappa shape index (κ3) is 4.46. The van der Waals surface area contributed by atoms with Crippen LogP contribution < -0.4 is 5.43 Å². The molecule has 0 heterocycles. The van der Waals surface area contributed by atoms with Crippen LogP contribution >= 0.6 is 0 Å². The predicted octanol–water partition coefficient (Wildman–Crippen LogP) is 6.23. The van der Waals surface area contributed by atoms with Crippen molar-refractivity contribution in [1.29, 1.82) is 0 Å². The van der Waals surface area contributed by atoms with Gasteiger partial charge in [-0.15, -0.1) is 0 Å². The van der Waals surface area contributed by atoms with Crippen molar-refractivity contribution in [1.82, 2.24) is 5.43 Å². The number of carbonyl (C=O) groups excluding carboxylic acids is 1. The second-order valence-electron chi connectivity index (χ2n) is 8.54. The van der Waals surface area contributed by atoms with Crippen LogP contribution in [0, 0.1) is 5.92 Å². The molecule has 0 saturated heterocycles. The third-order valence-electron chi connectivity index (χ3n) is 6.44. The van der Waals surface area contributed by atoms with Gasteiger partial charge in [-0.2, -0.15) is 5.10 Å². The van der Waals surface area contributed by atoms with Crippen LogP contribution in [-0.4, -0.2) is 11.6 Å². The molecule has 166 valence electrons. The Hall–Kier alpha value is -4.24. The van der Waals surface area contributed by atoms with Crippen LogP contribution in [0.5, 0.6) is 0 Å². The zero-order valence-electron chi connectivity index (χ0n) is 18.8. The minimum Gasteiger partial charge on any atom is -0.273 e. The first kappa shape index (κ1) is 21.6. The van der Waals surface area contributed by atoms with Gasteiger partial charge in [-0.05, 0) is 29.2 Å². The maximum atomic E-state index is 13.3. The number of amides is 1. The van der Waals surface area contributed by atoms with Crippen LogP contribution in [0.15, 0.2) is 133 Å². The molecule has 0 radical (unpaired) electrons. The third-order valence-corrected chi connectivity index (χ3v) is 6.44. The van der Waals surface area contributed by atoms with E-state index in [-0.39, 0.29) is 17.2 Å². The molecule has 1 amide bonds. The summed E-state index contributed by atoms with van der Waals surface area (Å²) >= 11 is 0. The number of hydrogen-bond donors (Lipinski definition) is 1. The van der Waals surface area contributed by atoms with Gasteiger partial charge in [0.05, 0.1) is 11.6 Å². The smallest absolute Gasteiger partial charge is 0.244 e. The molecule has 5 rings (SSSR count). The molecule has 1 fully saturated rings. The molecule has 4 aromatic carbocycles. The van der Waals surface area contributed by atoms with E-state index in [4.69, 9.17) is 0 Å². The zero-order chi connectivity index (χ0) is 23.2. The predicted molar refractivity (Wildman–Crippen MR) is 138 cm³/mol. The van der Waals surface area contributed by atoms with Crippen molar-refractivity contribution in [3.05, 3.63) is 150 Å². The number of hydrazone groups is 1. The first-order chi connectivity index (χ1) is 16.8. The lowest BCUT2D eigenvalue weighted by molar-refractivity contribution is -0.122. The van der Waals surface area contributed by atoms with Gasteiger partial charge in [0, 0.05) is 11.0 Å². The summed E-state index contributed by atoms with van der Waals surface area (Å²) in [5.41, 5.74) is 7.62. The summed E-state index contributed by atoms with van der Waals surface area (Å²) in [6.07, 6.45) is 4.72. The van der Waals surface area contributed by atoms with Crippen LogP contribution in [0.25, 0.3) is 6.08 Å². The summed E-state index contributed by atoms with van der Waals surface area (Å²) in [6, 6.07) is 40.6. The maximum absolute atomic E-state index is 13.3. The SMILES string of the molecule is O=C(NN=C(C=Cc1ccccc1)c1ccccc1)C1CC1(c1ccccc1)c1ccccc1. The molecule has 4 aromatic rings. The van der Waals surface area contributed by atoms with Crippen molar-refractivity contribution in [2.24, 2.45) is 11.0 Å². The highest BCUT2D eigenvalue weighted by atomic mass is 16.2. The largest absolute Gasteiger partial charge is 0.273 e. The van der Waals surface area contributed by atoms with Gasteiger partial charge in [0.25, 0.3) is 0 Å². The minimum atomic E-state index is -0.311. The number of allylic oxidation sites excluding steroid dienone is 1. The highest BCUT2D eigenvalue weighted by molar-refractivity contribution is 6.11. The van der Waals surface area contributed by atoms with E-state index in [9.17, 15) is 4.79 Å². The van der Waals surface area contributed by atoms with E-state index in [1.165, 1.54) is 0 Å². The standard InChI is InChI=1S/C31H26N2O/c34-30(28-23-31(28,26-17-9-3-10-18-26)27-19-11-4-12-20-27)33-32-29(25-15-7-2-8-16-25)22-21-24-13-5-1-6-14-24/h1-22,28H,23H2,(H,33,34). The molecule has 1 aliphatic carbocycles. The quantitative estimate of drug-likeness (QED) is 0.268. The Balaban J connectivity index is 1.41. The number of hydrogen-bond acceptors (Lipinski definition) is 2. The molecule has 3 heteroatoms. The summed E-state index contributed by atoms with van der Waals surface area (Å²) in [7, 11) is 0. The van der Waals surface area contributed by atoms with Gasteiger partial charge in [-0.1, -0.05) is 127 Å². The molecule has 0 aromatic heterocycles. The fourth-order valence-electron chi connectivity index (χ4n) is 4.59. The summed E-state index contributed by atoms with van der Waals surface area (Å²) in [4.78, 5) is 13.3. The van der Waals surface area contributed by atoms with E-state index in [0.717, 1.165) is 28.7 Å². The molecule has 3 nitrogen and oxygen atoms in total. The maximum Gasteiger partial charge on any atom is 0.244 e. The molecule has 1 atom stereocenters. The molecule has 0 bridgehead atoms. The molecule has 34 heavy (non-hydrogen) atoms. The summed E-state index contributed by atoms with van der Waals surface area (Å²) < 4.78 is 0. The second kappa shape index (κ2) is 9.72. The first-order valence-electron chi connectivity index (χ1n) is 11.5. The summed E-state index contributed by atoms with van der Waals surface area (Å²) in [5, 5.41) is 4.55. The molecular formula is C31H26N2O. The molecule has 1 unspecified atom stereocenters. The van der Waals surface area contributed by atoms with Crippen molar-refractivity contribution >= 4 is 17.7 Å². The van der Waals surface area contributed by atoms with Crippen LogP contribution in [-0.2, 0) is 10.2 Å². The van der Waals surface area contributed by atoms with Gasteiger partial charge in [0.1, 0.15) is 0 Å². The molecule has 0 spiro atoms. The monoisotopic (exact) mass is 442 g/mol. The zero-order valence-corrected chi connectivity index (χ0v) is 18.8. The van der Waals surface area contributed by atoms with Gasteiger partial charge >= 0.3 is 0 Å². The van der Waals surface area contributed by atoms with Crippen molar-refractivity contribution in [2.45, 2.75) is 11.8 Å². The fraction of sp³-hybridized carbons (Fsp3) is 0.0968. The van der Waals surface area contributed by atoms with Crippen molar-refractivity contribution < 1.29 is 4.79 Å². The van der Waals surface area contributed by atoms with E-state index in [2.05, 4.69) is 34.8 Å². The highest BCUT2D eigenvalue weighted by Crippen LogP contribution is 2.58. The molecular weight excluding hydrogens is 416 g/mol. The van der Waals surface area contributed by atoms with Crippen molar-refractivity contribution in [3.8, 4) is 0 Å². The van der Waals surface area contributed by atoms with Gasteiger partial charge in [0.2, 0.25) is 5.91 Å². The summed E-state index contributed by atoms with van der Waals surface area (Å²) in [5.74, 6) is -0.231. The Morgan fingerprint density at radius 1 is 0.735 bits per heavy atom. The Bertz CT molecular complexity index is 1260. The Morgan fingerprint density at radius 2 is 1.24 bits per heavy atom. The molecule has 1 N–H and O–H groups in total. The van der Waals surface area contributed by atoms with Gasteiger partial charge < -0.3 is 0 Å². The van der Waals surface area contributed by atoms with Crippen molar-refractivity contribution in [3.63, 3.8) is 0 Å². The van der Waals surface area contributed by atoms with E-state index >= 15 is 0 Å². The lowest BCUT2D eigenvalue weighted by Crippen LogP contribution is -2.26. The average Bonchev–Trinajstić information content (AvgIpc) is 3.68. The number of benzene rings is 4. The second-order valence-corrected chi connectivity index (χ2v) is 8.54. The van der Waals surface area contributed by atoms with Crippen LogP contribution in [0.3, 0.4) is 0 Å². The Morgan fingerprint density at radius 3 is 1.79 bits per heavy atom. The van der Waals surface area contributed by atoms with Crippen LogP contribution in [0.2, 0.25) is 0 Å². The summed E-state index contributed by atoms with van der Waals surface area (Å²) in [6.45, 7) is 0. The van der Waals surface area contributed by atoms with Crippen LogP contribution in [0.4, 0.5) is 0 Å². The van der Waals surface area contributed by atoms with E-state index < -0.39 is 0 Å². The molecule has 1 saturated carbocycles. The van der Waals surface area contributed by atoms with Gasteiger partial charge in [0.15, 0.2) is 0 Å². The number of nitrogens with one attached hydrogen (secondary N) is 1.